The van der Waals surface area contributed by atoms with Crippen LogP contribution in [0.2, 0.25) is 0 Å². The molecule has 1 aliphatic carbocycles. The predicted molar refractivity (Wildman–Crippen MR) is 133 cm³/mol. The van der Waals surface area contributed by atoms with Gasteiger partial charge in [-0.2, -0.15) is 0 Å². The van der Waals surface area contributed by atoms with Crippen LogP contribution in [0.1, 0.15) is 57.6 Å². The van der Waals surface area contributed by atoms with Gasteiger partial charge >= 0.3 is 0 Å². The topological polar surface area (TPSA) is 66.0 Å². The lowest BCUT2D eigenvalue weighted by Gasteiger charge is -2.31. The molecule has 0 spiro atoms. The normalized spacial score (nSPS) is 19.9. The molecule has 2 aliphatic rings. The summed E-state index contributed by atoms with van der Waals surface area (Å²) in [6, 6.07) is 4.94. The van der Waals surface area contributed by atoms with Crippen LogP contribution in [0.15, 0.2) is 23.2 Å². The molecule has 174 valence electrons. The summed E-state index contributed by atoms with van der Waals surface area (Å²) in [6.07, 6.45) is 5.07. The first-order chi connectivity index (χ1) is 14.5. The number of hydrogen-bond donors (Lipinski definition) is 2. The van der Waals surface area contributed by atoms with E-state index in [0.29, 0.717) is 43.1 Å². The number of hydrogen-bond acceptors (Lipinski definition) is 3. The van der Waals surface area contributed by atoms with Gasteiger partial charge in [-0.1, -0.05) is 13.0 Å². The van der Waals surface area contributed by atoms with Crippen LogP contribution in [0.25, 0.3) is 0 Å². The molecule has 8 heteroatoms. The monoisotopic (exact) mass is 546 g/mol. The van der Waals surface area contributed by atoms with Gasteiger partial charge in [0.25, 0.3) is 0 Å². The summed E-state index contributed by atoms with van der Waals surface area (Å²) < 4.78 is 19.9. The average molecular weight is 546 g/mol. The van der Waals surface area contributed by atoms with Crippen LogP contribution < -0.4 is 15.4 Å². The number of ether oxygens (including phenoxy) is 1. The molecule has 6 nitrogen and oxygen atoms in total. The molecule has 1 amide bonds. The molecule has 0 bridgehead atoms. The van der Waals surface area contributed by atoms with Gasteiger partial charge < -0.3 is 20.3 Å². The molecule has 1 aliphatic heterocycles. The van der Waals surface area contributed by atoms with Crippen molar-refractivity contribution in [1.29, 1.82) is 0 Å². The Balaban J connectivity index is 0.00000341. The highest BCUT2D eigenvalue weighted by atomic mass is 127. The van der Waals surface area contributed by atoms with E-state index in [4.69, 9.17) is 4.74 Å². The molecule has 2 fully saturated rings. The molecule has 0 radical (unpaired) electrons. The molecule has 2 atom stereocenters. The van der Waals surface area contributed by atoms with E-state index in [2.05, 4.69) is 22.5 Å². The number of aliphatic imine (C=N–C) groups is 1. The summed E-state index contributed by atoms with van der Waals surface area (Å²) in [5.74, 6) is 1.91. The van der Waals surface area contributed by atoms with Crippen molar-refractivity contribution in [2.24, 2.45) is 16.8 Å². The quantitative estimate of drug-likeness (QED) is 0.293. The van der Waals surface area contributed by atoms with Crippen molar-refractivity contribution >= 4 is 35.8 Å². The Hall–Kier alpha value is -1.58. The largest absolute Gasteiger partial charge is 0.490 e. The third-order valence-electron chi connectivity index (χ3n) is 5.85. The van der Waals surface area contributed by atoms with Crippen LogP contribution in [0.3, 0.4) is 0 Å². The SMILES string of the molecule is CN=C(NCCC(=O)N1CCCC(C)C1)NC(C)c1ccc(OCC2CC2)c(F)c1.I. The molecule has 1 heterocycles. The standard InChI is InChI=1S/C23H35FN4O2.HI/c1-16-5-4-12-28(14-16)22(29)10-11-26-23(25-3)27-17(2)19-8-9-21(20(24)13-19)30-15-18-6-7-18;/h8-9,13,16-18H,4-7,10-12,14-15H2,1-3H3,(H2,25,26,27);1H. The first-order valence-corrected chi connectivity index (χ1v) is 11.1. The number of guanidine groups is 1. The lowest BCUT2D eigenvalue weighted by atomic mass is 10.00. The molecule has 1 saturated carbocycles. The van der Waals surface area contributed by atoms with Crippen LogP contribution in [0.4, 0.5) is 4.39 Å². The zero-order valence-corrected chi connectivity index (χ0v) is 21.2. The lowest BCUT2D eigenvalue weighted by Crippen LogP contribution is -2.43. The van der Waals surface area contributed by atoms with Crippen molar-refractivity contribution in [2.75, 3.05) is 33.3 Å². The highest BCUT2D eigenvalue weighted by Gasteiger charge is 2.23. The van der Waals surface area contributed by atoms with Crippen molar-refractivity contribution in [1.82, 2.24) is 15.5 Å². The molecule has 31 heavy (non-hydrogen) atoms. The van der Waals surface area contributed by atoms with Crippen molar-refractivity contribution in [2.45, 2.75) is 52.0 Å². The molecule has 1 saturated heterocycles. The Kier molecular flexibility index (Phi) is 10.3. The molecular formula is C23H36FIN4O2. The second-order valence-electron chi connectivity index (χ2n) is 8.65. The number of benzene rings is 1. The average Bonchev–Trinajstić information content (AvgIpc) is 3.56. The number of carbonyl (C=O) groups is 1. The Morgan fingerprint density at radius 1 is 1.35 bits per heavy atom. The van der Waals surface area contributed by atoms with Crippen LogP contribution in [0.5, 0.6) is 5.75 Å². The van der Waals surface area contributed by atoms with E-state index in [9.17, 15) is 9.18 Å². The summed E-state index contributed by atoms with van der Waals surface area (Å²) in [4.78, 5) is 18.6. The van der Waals surface area contributed by atoms with Crippen molar-refractivity contribution in [3.8, 4) is 5.75 Å². The number of carbonyl (C=O) groups excluding carboxylic acids is 1. The second-order valence-corrected chi connectivity index (χ2v) is 8.65. The molecular weight excluding hydrogens is 510 g/mol. The van der Waals surface area contributed by atoms with Crippen molar-refractivity contribution in [3.05, 3.63) is 29.6 Å². The van der Waals surface area contributed by atoms with Crippen LogP contribution in [-0.2, 0) is 4.79 Å². The van der Waals surface area contributed by atoms with Gasteiger partial charge in [0, 0.05) is 33.1 Å². The minimum atomic E-state index is -0.342. The van der Waals surface area contributed by atoms with Gasteiger partial charge in [0.1, 0.15) is 0 Å². The van der Waals surface area contributed by atoms with Gasteiger partial charge in [0.05, 0.1) is 12.6 Å². The summed E-state index contributed by atoms with van der Waals surface area (Å²) in [6.45, 7) is 6.97. The highest BCUT2D eigenvalue weighted by Crippen LogP contribution is 2.30. The van der Waals surface area contributed by atoms with E-state index in [1.807, 2.05) is 17.9 Å². The van der Waals surface area contributed by atoms with Gasteiger partial charge in [-0.3, -0.25) is 9.79 Å². The van der Waals surface area contributed by atoms with Crippen molar-refractivity contribution < 1.29 is 13.9 Å². The number of nitrogens with one attached hydrogen (secondary N) is 2. The number of halogens is 2. The maximum Gasteiger partial charge on any atom is 0.224 e. The third kappa shape index (κ3) is 8.12. The fourth-order valence-electron chi connectivity index (χ4n) is 3.74. The lowest BCUT2D eigenvalue weighted by molar-refractivity contribution is -0.132. The Morgan fingerprint density at radius 3 is 2.77 bits per heavy atom. The van der Waals surface area contributed by atoms with E-state index in [0.717, 1.165) is 25.1 Å². The van der Waals surface area contributed by atoms with E-state index >= 15 is 0 Å². The van der Waals surface area contributed by atoms with Crippen LogP contribution >= 0.6 is 24.0 Å². The zero-order chi connectivity index (χ0) is 21.5. The first kappa shape index (κ1) is 25.7. The van der Waals surface area contributed by atoms with Gasteiger partial charge in [-0.15, -0.1) is 24.0 Å². The predicted octanol–water partition coefficient (Wildman–Crippen LogP) is 4.11. The summed E-state index contributed by atoms with van der Waals surface area (Å²) >= 11 is 0. The Labute approximate surface area is 202 Å². The van der Waals surface area contributed by atoms with Gasteiger partial charge in [-0.25, -0.2) is 4.39 Å². The first-order valence-electron chi connectivity index (χ1n) is 11.1. The summed E-state index contributed by atoms with van der Waals surface area (Å²) in [5.41, 5.74) is 0.813. The fraction of sp³-hybridized carbons (Fsp3) is 0.652. The van der Waals surface area contributed by atoms with Gasteiger partial charge in [-0.05, 0) is 62.1 Å². The Bertz CT molecular complexity index is 757. The Morgan fingerprint density at radius 2 is 2.13 bits per heavy atom. The molecule has 0 aromatic heterocycles. The maximum atomic E-state index is 14.4. The summed E-state index contributed by atoms with van der Waals surface area (Å²) in [5, 5.41) is 6.45. The number of amides is 1. The van der Waals surface area contributed by atoms with Crippen molar-refractivity contribution in [3.63, 3.8) is 0 Å². The zero-order valence-electron chi connectivity index (χ0n) is 18.8. The minimum Gasteiger partial charge on any atom is -0.490 e. The second kappa shape index (κ2) is 12.5. The molecule has 2 unspecified atom stereocenters. The maximum absolute atomic E-state index is 14.4. The summed E-state index contributed by atoms with van der Waals surface area (Å²) in [7, 11) is 1.69. The number of nitrogens with zero attached hydrogens (tertiary/aromatic N) is 2. The van der Waals surface area contributed by atoms with Gasteiger partial charge in [0.15, 0.2) is 17.5 Å². The number of piperidine rings is 1. The third-order valence-corrected chi connectivity index (χ3v) is 5.85. The minimum absolute atomic E-state index is 0. The molecule has 3 rings (SSSR count). The van der Waals surface area contributed by atoms with E-state index in [1.54, 1.807) is 13.1 Å². The van der Waals surface area contributed by atoms with E-state index in [-0.39, 0.29) is 41.7 Å². The smallest absolute Gasteiger partial charge is 0.224 e. The highest BCUT2D eigenvalue weighted by molar-refractivity contribution is 14.0. The molecule has 2 N–H and O–H groups in total. The molecule has 1 aromatic carbocycles. The number of likely N-dealkylation sites (tertiary alicyclic amines) is 1. The van der Waals surface area contributed by atoms with Gasteiger partial charge in [0.2, 0.25) is 5.91 Å². The fourth-order valence-corrected chi connectivity index (χ4v) is 3.74. The van der Waals surface area contributed by atoms with Crippen LogP contribution in [-0.4, -0.2) is 50.1 Å². The van der Waals surface area contributed by atoms with E-state index in [1.165, 1.54) is 25.3 Å². The number of rotatable bonds is 8. The van der Waals surface area contributed by atoms with E-state index < -0.39 is 0 Å². The molecule has 1 aromatic rings. The van der Waals surface area contributed by atoms with Crippen LogP contribution in [0, 0.1) is 17.7 Å².